The lowest BCUT2D eigenvalue weighted by molar-refractivity contribution is 0.379. The Labute approximate surface area is 69.4 Å². The summed E-state index contributed by atoms with van der Waals surface area (Å²) in [6, 6.07) is 2.36. The highest BCUT2D eigenvalue weighted by atomic mass is 14.3. The Bertz CT molecular complexity index is 137. The standard InChI is InChI=1S/C10H17N/c1-9(8-11)10-6-4-2-3-5-7-10/h9-10H,2-7H2,1H3. The summed E-state index contributed by atoms with van der Waals surface area (Å²) >= 11 is 0. The van der Waals surface area contributed by atoms with Crippen LogP contribution in [-0.4, -0.2) is 0 Å². The van der Waals surface area contributed by atoms with E-state index in [9.17, 15) is 0 Å². The minimum Gasteiger partial charge on any atom is -0.198 e. The summed E-state index contributed by atoms with van der Waals surface area (Å²) in [6.45, 7) is 2.07. The van der Waals surface area contributed by atoms with E-state index in [1.54, 1.807) is 0 Å². The van der Waals surface area contributed by atoms with Crippen molar-refractivity contribution in [2.75, 3.05) is 0 Å². The van der Waals surface area contributed by atoms with Crippen molar-refractivity contribution in [2.24, 2.45) is 11.8 Å². The van der Waals surface area contributed by atoms with Gasteiger partial charge in [0.25, 0.3) is 0 Å². The molecular formula is C10H17N. The van der Waals surface area contributed by atoms with Gasteiger partial charge in [0.2, 0.25) is 0 Å². The van der Waals surface area contributed by atoms with Gasteiger partial charge in [-0.15, -0.1) is 0 Å². The van der Waals surface area contributed by atoms with Gasteiger partial charge >= 0.3 is 0 Å². The van der Waals surface area contributed by atoms with Crippen molar-refractivity contribution in [3.8, 4) is 6.07 Å². The highest BCUT2D eigenvalue weighted by Crippen LogP contribution is 2.28. The van der Waals surface area contributed by atoms with E-state index in [1.165, 1.54) is 38.5 Å². The first kappa shape index (κ1) is 8.59. The number of hydrogen-bond donors (Lipinski definition) is 0. The monoisotopic (exact) mass is 151 g/mol. The van der Waals surface area contributed by atoms with Gasteiger partial charge in [0.15, 0.2) is 0 Å². The first-order valence-corrected chi connectivity index (χ1v) is 4.74. The summed E-state index contributed by atoms with van der Waals surface area (Å²) in [5, 5.41) is 8.73. The fourth-order valence-corrected chi connectivity index (χ4v) is 1.92. The molecule has 62 valence electrons. The summed E-state index contributed by atoms with van der Waals surface area (Å²) in [5.41, 5.74) is 0. The number of hydrogen-bond acceptors (Lipinski definition) is 1. The van der Waals surface area contributed by atoms with Crippen LogP contribution in [0.25, 0.3) is 0 Å². The van der Waals surface area contributed by atoms with Crippen LogP contribution in [-0.2, 0) is 0 Å². The van der Waals surface area contributed by atoms with Crippen molar-refractivity contribution in [3.63, 3.8) is 0 Å². The molecule has 0 bridgehead atoms. The largest absolute Gasteiger partial charge is 0.198 e. The fourth-order valence-electron chi connectivity index (χ4n) is 1.92. The van der Waals surface area contributed by atoms with Crippen molar-refractivity contribution in [1.82, 2.24) is 0 Å². The molecule has 1 nitrogen and oxygen atoms in total. The van der Waals surface area contributed by atoms with Crippen LogP contribution >= 0.6 is 0 Å². The molecule has 1 rings (SSSR count). The molecule has 1 fully saturated rings. The predicted molar refractivity (Wildman–Crippen MR) is 46.0 cm³/mol. The molecule has 1 heteroatoms. The average Bonchev–Trinajstić information content (AvgIpc) is 2.30. The van der Waals surface area contributed by atoms with Crippen molar-refractivity contribution >= 4 is 0 Å². The highest BCUT2D eigenvalue weighted by molar-refractivity contribution is 4.85. The molecule has 0 amide bonds. The lowest BCUT2D eigenvalue weighted by Crippen LogP contribution is -2.08. The minimum absolute atomic E-state index is 0.285. The van der Waals surface area contributed by atoms with Gasteiger partial charge in [0, 0.05) is 5.92 Å². The molecule has 1 aliphatic carbocycles. The summed E-state index contributed by atoms with van der Waals surface area (Å²) in [6.07, 6.45) is 8.03. The fraction of sp³-hybridized carbons (Fsp3) is 0.900. The van der Waals surface area contributed by atoms with Crippen LogP contribution in [0.1, 0.15) is 45.4 Å². The van der Waals surface area contributed by atoms with Crippen LogP contribution in [0.4, 0.5) is 0 Å². The van der Waals surface area contributed by atoms with Gasteiger partial charge in [0.05, 0.1) is 6.07 Å². The second-order valence-electron chi connectivity index (χ2n) is 3.67. The van der Waals surface area contributed by atoms with E-state index in [1.807, 2.05) is 0 Å². The zero-order chi connectivity index (χ0) is 8.10. The molecule has 0 N–H and O–H groups in total. The molecule has 0 radical (unpaired) electrons. The molecule has 0 aliphatic heterocycles. The lowest BCUT2D eigenvalue weighted by Gasteiger charge is -2.15. The van der Waals surface area contributed by atoms with Gasteiger partial charge in [-0.05, 0) is 25.7 Å². The van der Waals surface area contributed by atoms with E-state index in [0.29, 0.717) is 5.92 Å². The van der Waals surface area contributed by atoms with Crippen molar-refractivity contribution in [2.45, 2.75) is 45.4 Å². The smallest absolute Gasteiger partial charge is 0.0655 e. The average molecular weight is 151 g/mol. The molecule has 0 aromatic heterocycles. The van der Waals surface area contributed by atoms with Gasteiger partial charge < -0.3 is 0 Å². The Morgan fingerprint density at radius 1 is 1.18 bits per heavy atom. The highest BCUT2D eigenvalue weighted by Gasteiger charge is 2.17. The molecule has 0 spiro atoms. The van der Waals surface area contributed by atoms with Crippen molar-refractivity contribution in [1.29, 1.82) is 5.26 Å². The van der Waals surface area contributed by atoms with Crippen LogP contribution < -0.4 is 0 Å². The van der Waals surface area contributed by atoms with Crippen molar-refractivity contribution < 1.29 is 0 Å². The third kappa shape index (κ3) is 2.54. The molecule has 11 heavy (non-hydrogen) atoms. The predicted octanol–water partition coefficient (Wildman–Crippen LogP) is 3.12. The van der Waals surface area contributed by atoms with Gasteiger partial charge in [-0.2, -0.15) is 5.26 Å². The Morgan fingerprint density at radius 2 is 1.73 bits per heavy atom. The number of nitriles is 1. The summed E-state index contributed by atoms with van der Waals surface area (Å²) in [7, 11) is 0. The van der Waals surface area contributed by atoms with E-state index >= 15 is 0 Å². The van der Waals surface area contributed by atoms with Gasteiger partial charge in [-0.25, -0.2) is 0 Å². The molecule has 0 aromatic carbocycles. The lowest BCUT2D eigenvalue weighted by atomic mass is 9.89. The second-order valence-corrected chi connectivity index (χ2v) is 3.67. The van der Waals surface area contributed by atoms with Crippen molar-refractivity contribution in [3.05, 3.63) is 0 Å². The Hall–Kier alpha value is -0.510. The normalized spacial score (nSPS) is 23.6. The van der Waals surface area contributed by atoms with Crippen LogP contribution in [0.5, 0.6) is 0 Å². The van der Waals surface area contributed by atoms with Crippen LogP contribution in [0.2, 0.25) is 0 Å². The first-order chi connectivity index (χ1) is 5.34. The Morgan fingerprint density at radius 3 is 2.18 bits per heavy atom. The summed E-state index contributed by atoms with van der Waals surface area (Å²) in [5.74, 6) is 0.982. The second kappa shape index (κ2) is 4.38. The minimum atomic E-state index is 0.285. The zero-order valence-electron chi connectivity index (χ0n) is 7.34. The molecule has 1 saturated carbocycles. The molecule has 1 aliphatic rings. The Balaban J connectivity index is 2.37. The number of rotatable bonds is 1. The topological polar surface area (TPSA) is 23.8 Å². The maximum atomic E-state index is 8.73. The van der Waals surface area contributed by atoms with Gasteiger partial charge in [-0.3, -0.25) is 0 Å². The quantitative estimate of drug-likeness (QED) is 0.528. The third-order valence-electron chi connectivity index (χ3n) is 2.81. The van der Waals surface area contributed by atoms with E-state index in [4.69, 9.17) is 5.26 Å². The Kier molecular flexibility index (Phi) is 3.42. The maximum Gasteiger partial charge on any atom is 0.0655 e. The molecule has 1 unspecified atom stereocenters. The number of nitrogens with zero attached hydrogens (tertiary/aromatic N) is 1. The summed E-state index contributed by atoms with van der Waals surface area (Å²) < 4.78 is 0. The SMILES string of the molecule is CC(C#N)C1CCCCCC1. The maximum absolute atomic E-state index is 8.73. The van der Waals surface area contributed by atoms with Gasteiger partial charge in [-0.1, -0.05) is 25.7 Å². The van der Waals surface area contributed by atoms with E-state index in [0.717, 1.165) is 0 Å². The zero-order valence-corrected chi connectivity index (χ0v) is 7.34. The van der Waals surface area contributed by atoms with E-state index < -0.39 is 0 Å². The molecular weight excluding hydrogens is 134 g/mol. The molecule has 0 heterocycles. The van der Waals surface area contributed by atoms with Crippen LogP contribution in [0.3, 0.4) is 0 Å². The van der Waals surface area contributed by atoms with Crippen LogP contribution in [0, 0.1) is 23.2 Å². The molecule has 1 atom stereocenters. The van der Waals surface area contributed by atoms with Crippen LogP contribution in [0.15, 0.2) is 0 Å². The third-order valence-corrected chi connectivity index (χ3v) is 2.81. The molecule has 0 saturated heterocycles. The van der Waals surface area contributed by atoms with E-state index in [2.05, 4.69) is 13.0 Å². The summed E-state index contributed by atoms with van der Waals surface area (Å²) in [4.78, 5) is 0. The van der Waals surface area contributed by atoms with Gasteiger partial charge in [0.1, 0.15) is 0 Å². The first-order valence-electron chi connectivity index (χ1n) is 4.74. The molecule has 0 aromatic rings. The van der Waals surface area contributed by atoms with E-state index in [-0.39, 0.29) is 5.92 Å².